The van der Waals surface area contributed by atoms with E-state index in [4.69, 9.17) is 5.11 Å². The molecule has 2 rings (SSSR count). The van der Waals surface area contributed by atoms with Gasteiger partial charge in [0.2, 0.25) is 5.91 Å². The Morgan fingerprint density at radius 1 is 1.52 bits per heavy atom. The number of hydrogen-bond acceptors (Lipinski definition) is 6. The summed E-state index contributed by atoms with van der Waals surface area (Å²) in [6, 6.07) is 1.70. The van der Waals surface area contributed by atoms with Crippen molar-refractivity contribution in [1.82, 2.24) is 14.9 Å². The van der Waals surface area contributed by atoms with Crippen LogP contribution in [0, 0.1) is 0 Å². The highest BCUT2D eigenvalue weighted by atomic mass is 32.2. The Morgan fingerprint density at radius 2 is 2.29 bits per heavy atom. The number of aliphatic carboxylic acids is 1. The maximum absolute atomic E-state index is 12.4. The number of amides is 1. The predicted octanol–water partition coefficient (Wildman–Crippen LogP) is 0.771. The molecule has 0 bridgehead atoms. The highest BCUT2D eigenvalue weighted by Crippen LogP contribution is 2.20. The average molecular weight is 327 g/mol. The van der Waals surface area contributed by atoms with Gasteiger partial charge in [-0.05, 0) is 18.4 Å². The molecule has 9 heteroatoms. The zero-order valence-corrected chi connectivity index (χ0v) is 12.8. The van der Waals surface area contributed by atoms with Crippen LogP contribution >= 0.6 is 23.1 Å². The van der Waals surface area contributed by atoms with Crippen LogP contribution in [-0.4, -0.2) is 38.8 Å². The van der Waals surface area contributed by atoms with Crippen molar-refractivity contribution in [2.75, 3.05) is 12.3 Å². The lowest BCUT2D eigenvalue weighted by molar-refractivity contribution is -0.133. The number of carbonyl (C=O) groups excluding carboxylic acids is 1. The number of thiophene rings is 1. The van der Waals surface area contributed by atoms with Gasteiger partial charge in [0.25, 0.3) is 5.56 Å². The number of carboxylic acid groups (broad SMARTS) is 1. The lowest BCUT2D eigenvalue weighted by Crippen LogP contribution is -2.33. The van der Waals surface area contributed by atoms with Gasteiger partial charge in [0.05, 0.1) is 11.3 Å². The van der Waals surface area contributed by atoms with Gasteiger partial charge in [-0.1, -0.05) is 11.8 Å². The van der Waals surface area contributed by atoms with Crippen molar-refractivity contribution in [3.8, 4) is 0 Å². The topological polar surface area (TPSA) is 101 Å². The summed E-state index contributed by atoms with van der Waals surface area (Å²) in [7, 11) is 0. The maximum Gasteiger partial charge on any atom is 0.313 e. The molecule has 0 aliphatic carbocycles. The van der Waals surface area contributed by atoms with Crippen LogP contribution in [-0.2, 0) is 16.1 Å². The molecule has 0 unspecified atom stereocenters. The number of thioether (sulfide) groups is 1. The first-order valence-corrected chi connectivity index (χ1v) is 7.98. The third-order valence-electron chi connectivity index (χ3n) is 2.53. The van der Waals surface area contributed by atoms with Crippen molar-refractivity contribution in [3.05, 3.63) is 21.8 Å². The van der Waals surface area contributed by atoms with Crippen LogP contribution in [0.2, 0.25) is 0 Å². The first-order chi connectivity index (χ1) is 10.0. The lowest BCUT2D eigenvalue weighted by Gasteiger charge is -2.10. The zero-order chi connectivity index (χ0) is 15.4. The summed E-state index contributed by atoms with van der Waals surface area (Å²) in [6.45, 7) is 2.07. The van der Waals surface area contributed by atoms with Crippen molar-refractivity contribution < 1.29 is 14.7 Å². The number of aromatic nitrogens is 2. The van der Waals surface area contributed by atoms with Crippen LogP contribution in [0.15, 0.2) is 21.4 Å². The molecule has 112 valence electrons. The van der Waals surface area contributed by atoms with Gasteiger partial charge in [-0.15, -0.1) is 11.3 Å². The largest absolute Gasteiger partial charge is 0.481 e. The molecule has 2 heterocycles. The number of fused-ring (bicyclic) bond motifs is 1. The number of nitrogens with one attached hydrogen (secondary N) is 1. The van der Waals surface area contributed by atoms with Crippen molar-refractivity contribution in [2.45, 2.75) is 18.6 Å². The summed E-state index contributed by atoms with van der Waals surface area (Å²) in [6.07, 6.45) is 0. The van der Waals surface area contributed by atoms with E-state index >= 15 is 0 Å². The third-order valence-corrected chi connectivity index (χ3v) is 4.38. The van der Waals surface area contributed by atoms with E-state index < -0.39 is 5.97 Å². The molecule has 0 saturated carbocycles. The Hall–Kier alpha value is -1.87. The van der Waals surface area contributed by atoms with Crippen LogP contribution in [0.4, 0.5) is 0 Å². The van der Waals surface area contributed by atoms with Crippen LogP contribution in [0.25, 0.3) is 10.2 Å². The van der Waals surface area contributed by atoms with Gasteiger partial charge in [-0.25, -0.2) is 4.98 Å². The molecule has 0 fully saturated rings. The summed E-state index contributed by atoms with van der Waals surface area (Å²) in [5.41, 5.74) is 0.194. The minimum absolute atomic E-state index is 0.171. The number of likely N-dealkylation sites (N-methyl/N-ethyl adjacent to an activating group) is 1. The van der Waals surface area contributed by atoms with E-state index in [0.717, 1.165) is 11.8 Å². The molecule has 0 aliphatic rings. The predicted molar refractivity (Wildman–Crippen MR) is 80.9 cm³/mol. The Labute approximate surface area is 128 Å². The van der Waals surface area contributed by atoms with Crippen LogP contribution < -0.4 is 10.9 Å². The Balaban J connectivity index is 2.44. The molecule has 0 aromatic carbocycles. The molecule has 2 aromatic heterocycles. The minimum Gasteiger partial charge on any atom is -0.481 e. The van der Waals surface area contributed by atoms with E-state index in [1.54, 1.807) is 18.4 Å². The Kier molecular flexibility index (Phi) is 4.97. The van der Waals surface area contributed by atoms with E-state index in [1.165, 1.54) is 15.9 Å². The fourth-order valence-electron chi connectivity index (χ4n) is 1.70. The molecule has 2 N–H and O–H groups in total. The summed E-state index contributed by atoms with van der Waals surface area (Å²) in [4.78, 5) is 39.1. The van der Waals surface area contributed by atoms with Gasteiger partial charge in [-0.3, -0.25) is 19.0 Å². The molecule has 7 nitrogen and oxygen atoms in total. The second kappa shape index (κ2) is 6.72. The monoisotopic (exact) mass is 327 g/mol. The highest BCUT2D eigenvalue weighted by Gasteiger charge is 2.15. The van der Waals surface area contributed by atoms with Crippen LogP contribution in [0.1, 0.15) is 6.92 Å². The fourth-order valence-corrected chi connectivity index (χ4v) is 3.19. The van der Waals surface area contributed by atoms with Crippen molar-refractivity contribution >= 4 is 45.2 Å². The van der Waals surface area contributed by atoms with Crippen molar-refractivity contribution in [2.24, 2.45) is 0 Å². The SMILES string of the molecule is CCNC(=O)Cn1c(SCC(=O)O)nc2ccsc2c1=O. The molecule has 0 aliphatic heterocycles. The zero-order valence-electron chi connectivity index (χ0n) is 11.2. The molecule has 0 atom stereocenters. The maximum atomic E-state index is 12.4. The summed E-state index contributed by atoms with van der Waals surface area (Å²) < 4.78 is 1.68. The quantitative estimate of drug-likeness (QED) is 0.600. The summed E-state index contributed by atoms with van der Waals surface area (Å²) in [5.74, 6) is -1.55. The first-order valence-electron chi connectivity index (χ1n) is 6.12. The summed E-state index contributed by atoms with van der Waals surface area (Å²) >= 11 is 2.17. The molecule has 0 radical (unpaired) electrons. The molecule has 0 spiro atoms. The smallest absolute Gasteiger partial charge is 0.313 e. The first kappa shape index (κ1) is 15.5. The number of nitrogens with zero attached hydrogens (tertiary/aromatic N) is 2. The molecule has 0 saturated heterocycles. The average Bonchev–Trinajstić information content (AvgIpc) is 2.88. The number of carboxylic acids is 1. The standard InChI is InChI=1S/C12H13N3O4S2/c1-2-13-8(16)5-15-11(19)10-7(3-4-20-10)14-12(15)21-6-9(17)18/h3-4H,2,5-6H2,1H3,(H,13,16)(H,17,18). The van der Waals surface area contributed by atoms with E-state index in [0.29, 0.717) is 16.8 Å². The second-order valence-electron chi connectivity index (χ2n) is 4.06. The van der Waals surface area contributed by atoms with Gasteiger partial charge in [-0.2, -0.15) is 0 Å². The van der Waals surface area contributed by atoms with E-state index in [9.17, 15) is 14.4 Å². The summed E-state index contributed by atoms with van der Waals surface area (Å²) in [5, 5.41) is 13.3. The minimum atomic E-state index is -1.01. The Bertz CT molecular complexity index is 738. The van der Waals surface area contributed by atoms with Gasteiger partial charge in [0, 0.05) is 6.54 Å². The lowest BCUT2D eigenvalue weighted by atomic mass is 10.4. The van der Waals surface area contributed by atoms with E-state index in [1.807, 2.05) is 0 Å². The van der Waals surface area contributed by atoms with Crippen LogP contribution in [0.3, 0.4) is 0 Å². The third kappa shape index (κ3) is 3.61. The number of carbonyl (C=O) groups is 2. The molecular formula is C12H13N3O4S2. The van der Waals surface area contributed by atoms with Gasteiger partial charge in [0.15, 0.2) is 5.16 Å². The van der Waals surface area contributed by atoms with Gasteiger partial charge < -0.3 is 10.4 Å². The fraction of sp³-hybridized carbons (Fsp3) is 0.333. The molecular weight excluding hydrogens is 314 g/mol. The molecule has 2 aromatic rings. The second-order valence-corrected chi connectivity index (χ2v) is 5.92. The normalized spacial score (nSPS) is 10.7. The van der Waals surface area contributed by atoms with E-state index in [2.05, 4.69) is 10.3 Å². The number of rotatable bonds is 6. The Morgan fingerprint density at radius 3 is 2.95 bits per heavy atom. The van der Waals surface area contributed by atoms with Gasteiger partial charge >= 0.3 is 5.97 Å². The molecule has 21 heavy (non-hydrogen) atoms. The number of hydrogen-bond donors (Lipinski definition) is 2. The van der Waals surface area contributed by atoms with Gasteiger partial charge in [0.1, 0.15) is 11.2 Å². The molecule has 1 amide bonds. The highest BCUT2D eigenvalue weighted by molar-refractivity contribution is 7.99. The van der Waals surface area contributed by atoms with Crippen molar-refractivity contribution in [1.29, 1.82) is 0 Å². The van der Waals surface area contributed by atoms with E-state index in [-0.39, 0.29) is 28.9 Å². The van der Waals surface area contributed by atoms with Crippen molar-refractivity contribution in [3.63, 3.8) is 0 Å². The van der Waals surface area contributed by atoms with Crippen LogP contribution in [0.5, 0.6) is 0 Å².